The fourth-order valence-electron chi connectivity index (χ4n) is 3.77. The number of aromatic nitrogens is 3. The van der Waals surface area contributed by atoms with Crippen molar-refractivity contribution in [2.75, 3.05) is 18.4 Å². The van der Waals surface area contributed by atoms with Gasteiger partial charge >= 0.3 is 6.03 Å². The first-order valence-electron chi connectivity index (χ1n) is 10.8. The van der Waals surface area contributed by atoms with E-state index in [-0.39, 0.29) is 24.4 Å². The second-order valence-corrected chi connectivity index (χ2v) is 7.69. The fourth-order valence-corrected chi connectivity index (χ4v) is 3.77. The zero-order chi connectivity index (χ0) is 22.2. The first-order chi connectivity index (χ1) is 15.7. The number of nitrogens with one attached hydrogen (secondary N) is 2. The van der Waals surface area contributed by atoms with Gasteiger partial charge in [0.05, 0.1) is 0 Å². The molecule has 0 saturated carbocycles. The molecule has 1 atom stereocenters. The maximum atomic E-state index is 12.9. The lowest BCUT2D eigenvalue weighted by atomic mass is 10.0. The van der Waals surface area contributed by atoms with Gasteiger partial charge in [-0.25, -0.2) is 4.79 Å². The predicted molar refractivity (Wildman–Crippen MR) is 119 cm³/mol. The second kappa shape index (κ2) is 10.5. The Morgan fingerprint density at radius 2 is 2.00 bits per heavy atom. The monoisotopic (exact) mass is 434 g/mol. The van der Waals surface area contributed by atoms with Crippen LogP contribution in [0.4, 0.5) is 10.5 Å². The van der Waals surface area contributed by atoms with Crippen LogP contribution >= 0.6 is 0 Å². The van der Waals surface area contributed by atoms with E-state index in [1.54, 1.807) is 18.5 Å². The van der Waals surface area contributed by atoms with Crippen molar-refractivity contribution in [1.82, 2.24) is 25.3 Å². The molecule has 0 spiro atoms. The van der Waals surface area contributed by atoms with Gasteiger partial charge in [0.15, 0.2) is 0 Å². The Bertz CT molecular complexity index is 1020. The Kier molecular flexibility index (Phi) is 7.06. The van der Waals surface area contributed by atoms with Gasteiger partial charge in [0.25, 0.3) is 0 Å². The van der Waals surface area contributed by atoms with Gasteiger partial charge in [-0.05, 0) is 43.5 Å². The molecule has 3 amide bonds. The number of carbonyl (C=O) groups is 2. The molecule has 3 heterocycles. The van der Waals surface area contributed by atoms with Crippen LogP contribution in [0.5, 0.6) is 0 Å². The summed E-state index contributed by atoms with van der Waals surface area (Å²) in [6, 6.07) is 12.6. The summed E-state index contributed by atoms with van der Waals surface area (Å²) in [5, 5.41) is 9.66. The summed E-state index contributed by atoms with van der Waals surface area (Å²) in [6.45, 7) is 1.10. The van der Waals surface area contributed by atoms with Crippen molar-refractivity contribution in [3.05, 3.63) is 60.7 Å². The average molecular weight is 435 g/mol. The number of piperidine rings is 1. The third kappa shape index (κ3) is 5.69. The molecule has 4 rings (SSSR count). The molecular weight excluding hydrogens is 408 g/mol. The molecule has 1 saturated heterocycles. The maximum Gasteiger partial charge on any atom is 0.319 e. The van der Waals surface area contributed by atoms with Crippen LogP contribution in [0.25, 0.3) is 11.4 Å². The van der Waals surface area contributed by atoms with E-state index in [9.17, 15) is 9.59 Å². The highest BCUT2D eigenvalue weighted by atomic mass is 16.5. The molecule has 166 valence electrons. The molecule has 32 heavy (non-hydrogen) atoms. The second-order valence-electron chi connectivity index (χ2n) is 7.69. The van der Waals surface area contributed by atoms with Crippen molar-refractivity contribution >= 4 is 17.6 Å². The Labute approximate surface area is 186 Å². The van der Waals surface area contributed by atoms with Crippen LogP contribution in [0.1, 0.15) is 31.6 Å². The Hall–Kier alpha value is -3.75. The number of aryl methyl sites for hydroxylation is 1. The van der Waals surface area contributed by atoms with E-state index in [1.165, 1.54) is 0 Å². The molecule has 1 fully saturated rings. The summed E-state index contributed by atoms with van der Waals surface area (Å²) in [7, 11) is 0. The van der Waals surface area contributed by atoms with Crippen LogP contribution in [0.2, 0.25) is 0 Å². The number of pyridine rings is 1. The number of hydrogen-bond donors (Lipinski definition) is 2. The van der Waals surface area contributed by atoms with E-state index in [0.717, 1.165) is 30.5 Å². The SMILES string of the molecule is O=C(NCC1CCCCN1C(=O)CCc1nc(-c2cccnc2)no1)Nc1ccccc1. The minimum atomic E-state index is -0.275. The molecule has 0 bridgehead atoms. The smallest absolute Gasteiger partial charge is 0.319 e. The van der Waals surface area contributed by atoms with Gasteiger partial charge in [0, 0.05) is 55.6 Å². The largest absolute Gasteiger partial charge is 0.339 e. The Morgan fingerprint density at radius 3 is 2.81 bits per heavy atom. The number of para-hydroxylation sites is 1. The number of anilines is 1. The van der Waals surface area contributed by atoms with Crippen molar-refractivity contribution in [2.24, 2.45) is 0 Å². The van der Waals surface area contributed by atoms with Crippen molar-refractivity contribution in [3.8, 4) is 11.4 Å². The fraction of sp³-hybridized carbons (Fsp3) is 0.348. The Balaban J connectivity index is 1.28. The van der Waals surface area contributed by atoms with Crippen molar-refractivity contribution in [3.63, 3.8) is 0 Å². The summed E-state index contributed by atoms with van der Waals surface area (Å²) < 4.78 is 5.29. The molecule has 2 N–H and O–H groups in total. The van der Waals surface area contributed by atoms with Crippen LogP contribution in [0.3, 0.4) is 0 Å². The van der Waals surface area contributed by atoms with Gasteiger partial charge < -0.3 is 20.1 Å². The van der Waals surface area contributed by atoms with Crippen LogP contribution in [-0.2, 0) is 11.2 Å². The topological polar surface area (TPSA) is 113 Å². The molecule has 1 aromatic carbocycles. The number of urea groups is 1. The lowest BCUT2D eigenvalue weighted by molar-refractivity contribution is -0.134. The zero-order valence-corrected chi connectivity index (χ0v) is 17.7. The predicted octanol–water partition coefficient (Wildman–Crippen LogP) is 3.27. The lowest BCUT2D eigenvalue weighted by Gasteiger charge is -2.36. The summed E-state index contributed by atoms with van der Waals surface area (Å²) in [5.74, 6) is 0.914. The van der Waals surface area contributed by atoms with E-state index in [1.807, 2.05) is 41.3 Å². The van der Waals surface area contributed by atoms with Crippen LogP contribution in [0, 0.1) is 0 Å². The molecule has 0 radical (unpaired) electrons. The molecule has 0 aliphatic carbocycles. The first kappa shape index (κ1) is 21.5. The molecule has 1 unspecified atom stereocenters. The molecule has 9 heteroatoms. The number of amides is 3. The minimum absolute atomic E-state index is 0.0218. The lowest BCUT2D eigenvalue weighted by Crippen LogP contribution is -2.50. The highest BCUT2D eigenvalue weighted by Gasteiger charge is 2.27. The summed E-state index contributed by atoms with van der Waals surface area (Å²) in [5.41, 5.74) is 1.50. The highest BCUT2D eigenvalue weighted by molar-refractivity contribution is 5.89. The van der Waals surface area contributed by atoms with Gasteiger partial charge in [-0.2, -0.15) is 4.98 Å². The van der Waals surface area contributed by atoms with Crippen LogP contribution in [-0.4, -0.2) is 51.1 Å². The third-order valence-corrected chi connectivity index (χ3v) is 5.42. The summed E-state index contributed by atoms with van der Waals surface area (Å²) >= 11 is 0. The van der Waals surface area contributed by atoms with E-state index >= 15 is 0 Å². The normalized spacial score (nSPS) is 15.9. The molecule has 1 aliphatic rings. The van der Waals surface area contributed by atoms with Crippen molar-refractivity contribution in [2.45, 2.75) is 38.1 Å². The number of nitrogens with zero attached hydrogens (tertiary/aromatic N) is 4. The summed E-state index contributed by atoms with van der Waals surface area (Å²) in [4.78, 5) is 35.4. The highest BCUT2D eigenvalue weighted by Crippen LogP contribution is 2.19. The number of likely N-dealkylation sites (tertiary alicyclic amines) is 1. The van der Waals surface area contributed by atoms with Gasteiger partial charge in [0.2, 0.25) is 17.6 Å². The number of benzene rings is 1. The standard InChI is InChI=1S/C23H26N6O3/c30-21(12-11-20-27-22(28-32-20)17-7-6-13-24-15-17)29-14-5-4-10-19(29)16-25-23(31)26-18-8-2-1-3-9-18/h1-3,6-9,13,15,19H,4-5,10-12,14,16H2,(H2,25,26,31). The zero-order valence-electron chi connectivity index (χ0n) is 17.7. The quantitative estimate of drug-likeness (QED) is 0.590. The van der Waals surface area contributed by atoms with Crippen molar-refractivity contribution in [1.29, 1.82) is 0 Å². The van der Waals surface area contributed by atoms with E-state index in [0.29, 0.717) is 31.2 Å². The molecule has 9 nitrogen and oxygen atoms in total. The van der Waals surface area contributed by atoms with Gasteiger partial charge in [-0.3, -0.25) is 9.78 Å². The molecule has 2 aromatic heterocycles. The maximum absolute atomic E-state index is 12.9. The van der Waals surface area contributed by atoms with Crippen molar-refractivity contribution < 1.29 is 14.1 Å². The van der Waals surface area contributed by atoms with Crippen LogP contribution < -0.4 is 10.6 Å². The minimum Gasteiger partial charge on any atom is -0.339 e. The molecule has 3 aromatic rings. The Morgan fingerprint density at radius 1 is 1.12 bits per heavy atom. The molecular formula is C23H26N6O3. The van der Waals surface area contributed by atoms with Gasteiger partial charge in [0.1, 0.15) is 0 Å². The number of rotatable bonds is 7. The average Bonchev–Trinajstić information content (AvgIpc) is 3.32. The van der Waals surface area contributed by atoms with E-state index in [2.05, 4.69) is 25.8 Å². The summed E-state index contributed by atoms with van der Waals surface area (Å²) in [6.07, 6.45) is 6.86. The first-order valence-corrected chi connectivity index (χ1v) is 10.8. The van der Waals surface area contributed by atoms with E-state index < -0.39 is 0 Å². The van der Waals surface area contributed by atoms with E-state index in [4.69, 9.17) is 4.52 Å². The van der Waals surface area contributed by atoms with Gasteiger partial charge in [-0.1, -0.05) is 23.4 Å². The van der Waals surface area contributed by atoms with Gasteiger partial charge in [-0.15, -0.1) is 0 Å². The third-order valence-electron chi connectivity index (χ3n) is 5.42. The molecule has 1 aliphatic heterocycles. The van der Waals surface area contributed by atoms with Crippen LogP contribution in [0.15, 0.2) is 59.4 Å². The number of hydrogen-bond acceptors (Lipinski definition) is 6. The number of carbonyl (C=O) groups excluding carboxylic acids is 2.